The van der Waals surface area contributed by atoms with Crippen LogP contribution in [0.3, 0.4) is 0 Å². The van der Waals surface area contributed by atoms with Crippen molar-refractivity contribution in [2.75, 3.05) is 11.9 Å². The Morgan fingerprint density at radius 3 is 3.11 bits per heavy atom. The van der Waals surface area contributed by atoms with Crippen LogP contribution < -0.4 is 5.32 Å². The first-order chi connectivity index (χ1) is 9.40. The van der Waals surface area contributed by atoms with Gasteiger partial charge >= 0.3 is 0 Å². The topological polar surface area (TPSA) is 37.8 Å². The van der Waals surface area contributed by atoms with Crippen LogP contribution in [0.5, 0.6) is 0 Å². The number of hydrogen-bond acceptors (Lipinski definition) is 4. The highest BCUT2D eigenvalue weighted by Gasteiger charge is 2.22. The molecule has 0 bridgehead atoms. The molecule has 19 heavy (non-hydrogen) atoms. The fourth-order valence-electron chi connectivity index (χ4n) is 2.59. The molecule has 3 heterocycles. The summed E-state index contributed by atoms with van der Waals surface area (Å²) in [5.74, 6) is 0.465. The zero-order chi connectivity index (χ0) is 12.7. The zero-order valence-electron chi connectivity index (χ0n) is 10.3. The molecule has 1 N–H and O–H groups in total. The summed E-state index contributed by atoms with van der Waals surface area (Å²) in [6.45, 7) is 0.963. The largest absolute Gasteiger partial charge is 0.384 e. The Hall–Kier alpha value is -1.94. The first-order valence-corrected chi connectivity index (χ1v) is 7.24. The molecule has 0 fully saturated rings. The van der Waals surface area contributed by atoms with Gasteiger partial charge in [-0.2, -0.15) is 0 Å². The molecular formula is C15H13N3S. The lowest BCUT2D eigenvalue weighted by Crippen LogP contribution is -2.21. The molecule has 3 nitrogen and oxygen atoms in total. The molecule has 0 spiro atoms. The van der Waals surface area contributed by atoms with Crippen LogP contribution in [-0.2, 0) is 6.42 Å². The number of thiazole rings is 1. The molecule has 2 aromatic heterocycles. The summed E-state index contributed by atoms with van der Waals surface area (Å²) in [6, 6.07) is 10.6. The van der Waals surface area contributed by atoms with E-state index in [0.717, 1.165) is 18.5 Å². The molecular weight excluding hydrogens is 254 g/mol. The Balaban J connectivity index is 1.70. The van der Waals surface area contributed by atoms with Crippen molar-refractivity contribution >= 4 is 27.2 Å². The highest BCUT2D eigenvalue weighted by Crippen LogP contribution is 2.34. The minimum absolute atomic E-state index is 0.465. The van der Waals surface area contributed by atoms with Gasteiger partial charge in [0.1, 0.15) is 0 Å². The van der Waals surface area contributed by atoms with E-state index in [0.29, 0.717) is 5.92 Å². The van der Waals surface area contributed by atoms with Gasteiger partial charge < -0.3 is 5.32 Å². The number of nitrogens with zero attached hydrogens (tertiary/aromatic N) is 2. The molecule has 1 unspecified atom stereocenters. The van der Waals surface area contributed by atoms with Crippen molar-refractivity contribution in [1.29, 1.82) is 0 Å². The van der Waals surface area contributed by atoms with Crippen molar-refractivity contribution in [1.82, 2.24) is 9.97 Å². The average Bonchev–Trinajstić information content (AvgIpc) is 2.90. The zero-order valence-corrected chi connectivity index (χ0v) is 11.2. The second kappa shape index (κ2) is 4.31. The van der Waals surface area contributed by atoms with Crippen LogP contribution in [0.1, 0.15) is 16.5 Å². The Kier molecular flexibility index (Phi) is 2.48. The van der Waals surface area contributed by atoms with Crippen molar-refractivity contribution in [3.63, 3.8) is 0 Å². The van der Waals surface area contributed by atoms with Gasteiger partial charge in [0.15, 0.2) is 0 Å². The predicted octanol–water partition coefficient (Wildman–Crippen LogP) is 3.44. The van der Waals surface area contributed by atoms with E-state index in [1.165, 1.54) is 21.0 Å². The van der Waals surface area contributed by atoms with Crippen molar-refractivity contribution in [3.05, 3.63) is 53.3 Å². The molecule has 0 saturated carbocycles. The van der Waals surface area contributed by atoms with Crippen LogP contribution in [0.2, 0.25) is 0 Å². The van der Waals surface area contributed by atoms with E-state index in [1.54, 1.807) is 11.3 Å². The summed E-state index contributed by atoms with van der Waals surface area (Å²) in [6.07, 6.45) is 4.74. The predicted molar refractivity (Wildman–Crippen MR) is 78.8 cm³/mol. The second-order valence-corrected chi connectivity index (χ2v) is 5.90. The van der Waals surface area contributed by atoms with Crippen LogP contribution in [-0.4, -0.2) is 16.5 Å². The molecule has 0 radical (unpaired) electrons. The highest BCUT2D eigenvalue weighted by molar-refractivity contribution is 7.18. The average molecular weight is 267 g/mol. The van der Waals surface area contributed by atoms with Gasteiger partial charge in [-0.25, -0.2) is 4.98 Å². The third kappa shape index (κ3) is 1.88. The smallest absolute Gasteiger partial charge is 0.0998 e. The Morgan fingerprint density at radius 2 is 2.16 bits per heavy atom. The van der Waals surface area contributed by atoms with Gasteiger partial charge in [-0.3, -0.25) is 4.98 Å². The van der Waals surface area contributed by atoms with Crippen LogP contribution >= 0.6 is 11.3 Å². The van der Waals surface area contributed by atoms with E-state index in [2.05, 4.69) is 34.6 Å². The summed E-state index contributed by atoms with van der Waals surface area (Å²) in [7, 11) is 0. The summed E-state index contributed by atoms with van der Waals surface area (Å²) in [5.41, 5.74) is 3.67. The molecule has 0 saturated heterocycles. The number of pyridine rings is 1. The second-order valence-electron chi connectivity index (χ2n) is 4.83. The summed E-state index contributed by atoms with van der Waals surface area (Å²) < 4.78 is 1.23. The third-order valence-corrected chi connectivity index (χ3v) is 4.78. The third-order valence-electron chi connectivity index (χ3n) is 3.58. The number of anilines is 1. The molecule has 3 aromatic rings. The van der Waals surface area contributed by atoms with E-state index < -0.39 is 0 Å². The van der Waals surface area contributed by atoms with Gasteiger partial charge in [0.05, 0.1) is 21.4 Å². The van der Waals surface area contributed by atoms with E-state index >= 15 is 0 Å². The minimum Gasteiger partial charge on any atom is -0.384 e. The maximum Gasteiger partial charge on any atom is 0.0998 e. The van der Waals surface area contributed by atoms with Crippen molar-refractivity contribution in [2.45, 2.75) is 12.3 Å². The molecule has 94 valence electrons. The van der Waals surface area contributed by atoms with Crippen molar-refractivity contribution < 1.29 is 0 Å². The standard InChI is InChI=1S/C15H13N3S/c1-2-4-12-10(3-1)7-11(8-17-12)15-18-13-9-16-6-5-14(13)19-15/h1-6,9,11,17H,7-8H2. The molecule has 1 aromatic carbocycles. The quantitative estimate of drug-likeness (QED) is 0.734. The summed E-state index contributed by atoms with van der Waals surface area (Å²) in [5, 5.41) is 4.72. The molecule has 4 rings (SSSR count). The number of para-hydroxylation sites is 1. The fourth-order valence-corrected chi connectivity index (χ4v) is 3.62. The van der Waals surface area contributed by atoms with Crippen molar-refractivity contribution in [2.24, 2.45) is 0 Å². The normalized spacial score (nSPS) is 18.0. The maximum atomic E-state index is 4.73. The van der Waals surface area contributed by atoms with Gasteiger partial charge in [0.25, 0.3) is 0 Å². The lowest BCUT2D eigenvalue weighted by Gasteiger charge is -2.24. The first-order valence-electron chi connectivity index (χ1n) is 6.42. The van der Waals surface area contributed by atoms with Gasteiger partial charge in [-0.15, -0.1) is 11.3 Å². The van der Waals surface area contributed by atoms with Gasteiger partial charge in [0.2, 0.25) is 0 Å². The van der Waals surface area contributed by atoms with E-state index in [1.807, 2.05) is 18.5 Å². The van der Waals surface area contributed by atoms with Gasteiger partial charge in [-0.05, 0) is 24.1 Å². The van der Waals surface area contributed by atoms with Gasteiger partial charge in [-0.1, -0.05) is 18.2 Å². The fraction of sp³-hybridized carbons (Fsp3) is 0.200. The highest BCUT2D eigenvalue weighted by atomic mass is 32.1. The number of nitrogens with one attached hydrogen (secondary N) is 1. The minimum atomic E-state index is 0.465. The van der Waals surface area contributed by atoms with Crippen LogP contribution in [0.4, 0.5) is 5.69 Å². The van der Waals surface area contributed by atoms with Crippen LogP contribution in [0.25, 0.3) is 10.2 Å². The molecule has 0 amide bonds. The van der Waals surface area contributed by atoms with E-state index in [4.69, 9.17) is 4.98 Å². The van der Waals surface area contributed by atoms with Crippen LogP contribution in [0.15, 0.2) is 42.7 Å². The number of benzene rings is 1. The Morgan fingerprint density at radius 1 is 1.21 bits per heavy atom. The lowest BCUT2D eigenvalue weighted by molar-refractivity contribution is 0.691. The molecule has 1 atom stereocenters. The van der Waals surface area contributed by atoms with E-state index in [-0.39, 0.29) is 0 Å². The first kappa shape index (κ1) is 10.9. The Bertz CT molecular complexity index is 702. The van der Waals surface area contributed by atoms with E-state index in [9.17, 15) is 0 Å². The molecule has 4 heteroatoms. The SMILES string of the molecule is c1ccc2c(c1)CC(c1nc3cnccc3s1)CN2. The number of hydrogen-bond donors (Lipinski definition) is 1. The molecule has 1 aliphatic rings. The number of aromatic nitrogens is 2. The molecule has 1 aliphatic heterocycles. The monoisotopic (exact) mass is 267 g/mol. The van der Waals surface area contributed by atoms with Crippen LogP contribution in [0, 0.1) is 0 Å². The summed E-state index contributed by atoms with van der Waals surface area (Å²) in [4.78, 5) is 8.86. The van der Waals surface area contributed by atoms with Gasteiger partial charge in [0, 0.05) is 24.3 Å². The summed E-state index contributed by atoms with van der Waals surface area (Å²) >= 11 is 1.79. The lowest BCUT2D eigenvalue weighted by atomic mass is 9.94. The molecule has 0 aliphatic carbocycles. The number of rotatable bonds is 1. The number of fused-ring (bicyclic) bond motifs is 2. The van der Waals surface area contributed by atoms with Crippen molar-refractivity contribution in [3.8, 4) is 0 Å². The Labute approximate surface area is 115 Å². The maximum absolute atomic E-state index is 4.73.